The summed E-state index contributed by atoms with van der Waals surface area (Å²) in [6.45, 7) is 1.65. The van der Waals surface area contributed by atoms with Crippen molar-refractivity contribution in [3.8, 4) is 6.07 Å². The Morgan fingerprint density at radius 2 is 2.25 bits per heavy atom. The van der Waals surface area contributed by atoms with Crippen LogP contribution in [0.25, 0.3) is 16.6 Å². The third-order valence-corrected chi connectivity index (χ3v) is 4.92. The molecule has 0 unspecified atom stereocenters. The topological polar surface area (TPSA) is 68.6 Å². The van der Waals surface area contributed by atoms with E-state index in [4.69, 9.17) is 5.26 Å². The summed E-state index contributed by atoms with van der Waals surface area (Å²) < 4.78 is 0.730. The lowest BCUT2D eigenvalue weighted by atomic mass is 9.99. The number of halogens is 1. The molecule has 118 valence electrons. The Balaban J connectivity index is 1.61. The van der Waals surface area contributed by atoms with Gasteiger partial charge in [-0.25, -0.2) is 9.97 Å². The second-order valence-corrected chi connectivity index (χ2v) is 6.52. The van der Waals surface area contributed by atoms with E-state index in [0.29, 0.717) is 5.56 Å². The summed E-state index contributed by atoms with van der Waals surface area (Å²) in [4.78, 5) is 14.2. The zero-order chi connectivity index (χ0) is 16.5. The fourth-order valence-electron chi connectivity index (χ4n) is 3.03. The monoisotopic (exact) mass is 379 g/mol. The molecule has 0 amide bonds. The van der Waals surface area contributed by atoms with Gasteiger partial charge >= 0.3 is 0 Å². The molecule has 0 saturated carbocycles. The predicted molar refractivity (Wildman–Crippen MR) is 97.6 cm³/mol. The number of hydrogen-bond acceptors (Lipinski definition) is 4. The quantitative estimate of drug-likeness (QED) is 0.733. The summed E-state index contributed by atoms with van der Waals surface area (Å²) in [5, 5.41) is 10.3. The molecule has 4 rings (SSSR count). The molecule has 3 aromatic heterocycles. The number of nitrogens with zero attached hydrogens (tertiary/aromatic N) is 4. The molecule has 0 atom stereocenters. The van der Waals surface area contributed by atoms with E-state index in [0.717, 1.165) is 40.8 Å². The van der Waals surface area contributed by atoms with Gasteiger partial charge in [0.15, 0.2) is 0 Å². The van der Waals surface area contributed by atoms with Crippen molar-refractivity contribution in [2.75, 3.05) is 18.0 Å². The van der Waals surface area contributed by atoms with Gasteiger partial charge in [-0.05, 0) is 46.1 Å². The molecule has 1 aliphatic heterocycles. The number of hydrogen-bond donors (Lipinski definition) is 1. The van der Waals surface area contributed by atoms with Gasteiger partial charge in [-0.15, -0.1) is 0 Å². The van der Waals surface area contributed by atoms with E-state index in [9.17, 15) is 0 Å². The summed E-state index contributed by atoms with van der Waals surface area (Å²) in [7, 11) is 0. The maximum Gasteiger partial charge on any atom is 0.137 e. The summed E-state index contributed by atoms with van der Waals surface area (Å²) >= 11 is 3.35. The molecule has 0 spiro atoms. The Hall–Kier alpha value is -2.65. The number of fused-ring (bicyclic) bond motifs is 1. The highest BCUT2D eigenvalue weighted by Gasteiger charge is 2.17. The molecule has 1 aliphatic rings. The number of rotatable bonds is 2. The zero-order valence-electron chi connectivity index (χ0n) is 12.8. The summed E-state index contributed by atoms with van der Waals surface area (Å²) in [5.41, 5.74) is 4.07. The molecular formula is C18H14BrN5. The highest BCUT2D eigenvalue weighted by molar-refractivity contribution is 9.10. The predicted octanol–water partition coefficient (Wildman–Crippen LogP) is 3.89. The lowest BCUT2D eigenvalue weighted by Crippen LogP contribution is -2.29. The number of anilines is 1. The van der Waals surface area contributed by atoms with Gasteiger partial charge in [-0.2, -0.15) is 5.26 Å². The second kappa shape index (κ2) is 6.10. The van der Waals surface area contributed by atoms with E-state index in [1.54, 1.807) is 12.4 Å². The average Bonchev–Trinajstić information content (AvgIpc) is 3.06. The van der Waals surface area contributed by atoms with Crippen LogP contribution in [0.1, 0.15) is 17.5 Å². The molecule has 1 N–H and O–H groups in total. The molecule has 3 aromatic rings. The maximum atomic E-state index is 9.16. The van der Waals surface area contributed by atoms with Crippen molar-refractivity contribution < 1.29 is 0 Å². The SMILES string of the molecule is N#Cc1cc(N2CC=C(c3c[nH]c4ncccc34)CC2)ncc1Br. The van der Waals surface area contributed by atoms with Crippen LogP contribution in [-0.2, 0) is 0 Å². The number of pyridine rings is 2. The Morgan fingerprint density at radius 3 is 3.04 bits per heavy atom. The van der Waals surface area contributed by atoms with Crippen LogP contribution in [0.3, 0.4) is 0 Å². The first kappa shape index (κ1) is 14.9. The molecular weight excluding hydrogens is 366 g/mol. The highest BCUT2D eigenvalue weighted by Crippen LogP contribution is 2.30. The lowest BCUT2D eigenvalue weighted by molar-refractivity contribution is 0.816. The minimum absolute atomic E-state index is 0.609. The maximum absolute atomic E-state index is 9.16. The van der Waals surface area contributed by atoms with E-state index in [-0.39, 0.29) is 0 Å². The van der Waals surface area contributed by atoms with Crippen LogP contribution in [0.2, 0.25) is 0 Å². The van der Waals surface area contributed by atoms with Crippen molar-refractivity contribution in [2.24, 2.45) is 0 Å². The third-order valence-electron chi connectivity index (χ3n) is 4.29. The lowest BCUT2D eigenvalue weighted by Gasteiger charge is -2.27. The molecule has 0 bridgehead atoms. The molecule has 4 heterocycles. The molecule has 0 aromatic carbocycles. The number of nitrogens with one attached hydrogen (secondary N) is 1. The first-order valence-corrected chi connectivity index (χ1v) is 8.47. The largest absolute Gasteiger partial charge is 0.353 e. The van der Waals surface area contributed by atoms with Gasteiger partial charge in [0.1, 0.15) is 17.5 Å². The van der Waals surface area contributed by atoms with Gasteiger partial charge in [0.25, 0.3) is 0 Å². The van der Waals surface area contributed by atoms with Gasteiger partial charge in [-0.3, -0.25) is 0 Å². The van der Waals surface area contributed by atoms with E-state index in [2.05, 4.69) is 54.0 Å². The summed E-state index contributed by atoms with van der Waals surface area (Å²) in [6, 6.07) is 8.07. The van der Waals surface area contributed by atoms with Crippen LogP contribution >= 0.6 is 15.9 Å². The number of H-pyrrole nitrogens is 1. The van der Waals surface area contributed by atoms with Crippen molar-refractivity contribution in [2.45, 2.75) is 6.42 Å². The minimum Gasteiger partial charge on any atom is -0.353 e. The highest BCUT2D eigenvalue weighted by atomic mass is 79.9. The van der Waals surface area contributed by atoms with Crippen molar-refractivity contribution in [3.63, 3.8) is 0 Å². The van der Waals surface area contributed by atoms with Gasteiger partial charge in [0.05, 0.1) is 10.0 Å². The molecule has 0 aliphatic carbocycles. The van der Waals surface area contributed by atoms with Crippen molar-refractivity contribution in [1.29, 1.82) is 5.26 Å². The van der Waals surface area contributed by atoms with E-state index < -0.39 is 0 Å². The smallest absolute Gasteiger partial charge is 0.137 e. The van der Waals surface area contributed by atoms with Crippen LogP contribution in [0.5, 0.6) is 0 Å². The molecule has 24 heavy (non-hydrogen) atoms. The fourth-order valence-corrected chi connectivity index (χ4v) is 3.34. The van der Waals surface area contributed by atoms with Gasteiger partial charge < -0.3 is 9.88 Å². The van der Waals surface area contributed by atoms with E-state index >= 15 is 0 Å². The first-order valence-electron chi connectivity index (χ1n) is 7.68. The van der Waals surface area contributed by atoms with Crippen LogP contribution in [0, 0.1) is 11.3 Å². The van der Waals surface area contributed by atoms with E-state index in [1.165, 1.54) is 11.1 Å². The molecule has 6 heteroatoms. The van der Waals surface area contributed by atoms with Gasteiger partial charge in [0.2, 0.25) is 0 Å². The molecule has 5 nitrogen and oxygen atoms in total. The molecule has 0 radical (unpaired) electrons. The van der Waals surface area contributed by atoms with Crippen molar-refractivity contribution >= 4 is 38.4 Å². The Labute approximate surface area is 147 Å². The summed E-state index contributed by atoms with van der Waals surface area (Å²) in [5.74, 6) is 0.839. The minimum atomic E-state index is 0.609. The number of aromatic amines is 1. The van der Waals surface area contributed by atoms with Crippen molar-refractivity contribution in [3.05, 3.63) is 58.5 Å². The third kappa shape index (κ3) is 2.57. The van der Waals surface area contributed by atoms with Crippen LogP contribution in [0.4, 0.5) is 5.82 Å². The van der Waals surface area contributed by atoms with E-state index in [1.807, 2.05) is 18.3 Å². The fraction of sp³-hybridized carbons (Fsp3) is 0.167. The average molecular weight is 380 g/mol. The first-order chi connectivity index (χ1) is 11.8. The molecule has 0 fully saturated rings. The molecule has 0 saturated heterocycles. The summed E-state index contributed by atoms with van der Waals surface area (Å²) in [6.07, 6.45) is 8.69. The van der Waals surface area contributed by atoms with Crippen molar-refractivity contribution in [1.82, 2.24) is 15.0 Å². The Bertz CT molecular complexity index is 982. The van der Waals surface area contributed by atoms with Gasteiger partial charge in [0, 0.05) is 42.6 Å². The normalized spacial score (nSPS) is 14.5. The standard InChI is InChI=1S/C18H14BrN5/c19-16-11-22-17(8-13(16)9-20)24-6-3-12(4-7-24)15-10-23-18-14(15)2-1-5-21-18/h1-3,5,8,10-11H,4,6-7H2,(H,21,23). The van der Waals surface area contributed by atoms with Gasteiger partial charge in [-0.1, -0.05) is 6.08 Å². The van der Waals surface area contributed by atoms with Crippen LogP contribution in [-0.4, -0.2) is 28.0 Å². The number of nitriles is 1. The second-order valence-electron chi connectivity index (χ2n) is 5.66. The Morgan fingerprint density at radius 1 is 1.33 bits per heavy atom. The number of aromatic nitrogens is 3. The van der Waals surface area contributed by atoms with Crippen LogP contribution < -0.4 is 4.90 Å². The Kier molecular flexibility index (Phi) is 3.79. The zero-order valence-corrected chi connectivity index (χ0v) is 14.4. The van der Waals surface area contributed by atoms with Crippen LogP contribution in [0.15, 0.2) is 47.3 Å².